The van der Waals surface area contributed by atoms with Crippen molar-refractivity contribution in [3.8, 4) is 6.07 Å². The third-order valence-corrected chi connectivity index (χ3v) is 1.29. The molecule has 0 bridgehead atoms. The average molecular weight is 299 g/mol. The van der Waals surface area contributed by atoms with Gasteiger partial charge in [0.1, 0.15) is 0 Å². The summed E-state index contributed by atoms with van der Waals surface area (Å²) < 4.78 is 0. The van der Waals surface area contributed by atoms with Crippen molar-refractivity contribution in [1.29, 1.82) is 5.26 Å². The first-order chi connectivity index (χ1) is 10.5. The van der Waals surface area contributed by atoms with E-state index in [2.05, 4.69) is 39.5 Å². The van der Waals surface area contributed by atoms with Crippen molar-refractivity contribution >= 4 is 5.97 Å². The SMILES string of the molecule is C=C.C=C(C)C(=O)O.C=CC#N.C=CC=C.c1ccccc1. The Balaban J connectivity index is -0.0000000964. The quantitative estimate of drug-likeness (QED) is 0.354. The summed E-state index contributed by atoms with van der Waals surface area (Å²) in [4.78, 5) is 9.60. The molecule has 0 spiro atoms. The van der Waals surface area contributed by atoms with Crippen LogP contribution in [-0.2, 0) is 4.79 Å². The molecular formula is C19H25NO2. The summed E-state index contributed by atoms with van der Waals surface area (Å²) in [5.74, 6) is -0.935. The van der Waals surface area contributed by atoms with Gasteiger partial charge in [-0.3, -0.25) is 0 Å². The Morgan fingerprint density at radius 3 is 1.23 bits per heavy atom. The number of hydrogen-bond donors (Lipinski definition) is 1. The van der Waals surface area contributed by atoms with Crippen LogP contribution in [0.4, 0.5) is 0 Å². The van der Waals surface area contributed by atoms with Gasteiger partial charge in [-0.2, -0.15) is 5.26 Å². The summed E-state index contributed by atoms with van der Waals surface area (Å²) in [6.45, 7) is 20.4. The van der Waals surface area contributed by atoms with Crippen molar-refractivity contribution in [3.05, 3.63) is 99.7 Å². The molecule has 1 N–H and O–H groups in total. The van der Waals surface area contributed by atoms with E-state index < -0.39 is 5.97 Å². The van der Waals surface area contributed by atoms with E-state index in [9.17, 15) is 4.79 Å². The Morgan fingerprint density at radius 1 is 1.00 bits per heavy atom. The highest BCUT2D eigenvalue weighted by molar-refractivity contribution is 5.84. The predicted octanol–water partition coefficient (Wildman–Crippen LogP) is 5.19. The lowest BCUT2D eigenvalue weighted by atomic mass is 10.4. The number of rotatable bonds is 2. The molecule has 0 saturated carbocycles. The van der Waals surface area contributed by atoms with Crippen LogP contribution in [0.1, 0.15) is 6.92 Å². The summed E-state index contributed by atoms with van der Waals surface area (Å²) in [6.07, 6.45) is 4.46. The molecule has 0 saturated heterocycles. The van der Waals surface area contributed by atoms with Crippen LogP contribution in [-0.4, -0.2) is 11.1 Å². The largest absolute Gasteiger partial charge is 0.478 e. The number of carboxylic acid groups (broad SMARTS) is 1. The van der Waals surface area contributed by atoms with Crippen LogP contribution in [0.3, 0.4) is 0 Å². The molecule has 3 heteroatoms. The van der Waals surface area contributed by atoms with Gasteiger partial charge in [-0.1, -0.05) is 74.9 Å². The average Bonchev–Trinajstić information content (AvgIpc) is 2.59. The van der Waals surface area contributed by atoms with Crippen molar-refractivity contribution in [2.45, 2.75) is 6.92 Å². The van der Waals surface area contributed by atoms with Crippen LogP contribution in [0, 0.1) is 11.3 Å². The molecule has 0 atom stereocenters. The van der Waals surface area contributed by atoms with Gasteiger partial charge < -0.3 is 5.11 Å². The molecule has 0 aliphatic heterocycles. The molecule has 0 amide bonds. The third kappa shape index (κ3) is 54.0. The maximum Gasteiger partial charge on any atom is 0.330 e. The Bertz CT molecular complexity index is 398. The molecule has 0 heterocycles. The van der Waals surface area contributed by atoms with E-state index in [0.717, 1.165) is 0 Å². The van der Waals surface area contributed by atoms with E-state index in [0.29, 0.717) is 0 Å². The number of carboxylic acids is 1. The summed E-state index contributed by atoms with van der Waals surface area (Å²) in [6, 6.07) is 13.7. The summed E-state index contributed by atoms with van der Waals surface area (Å²) >= 11 is 0. The first-order valence-electron chi connectivity index (χ1n) is 6.10. The molecule has 1 rings (SSSR count). The topological polar surface area (TPSA) is 61.1 Å². The Hall–Kier alpha value is -3.12. The lowest BCUT2D eigenvalue weighted by Crippen LogP contribution is -1.92. The fraction of sp³-hybridized carbons (Fsp3) is 0.0526. The van der Waals surface area contributed by atoms with Crippen LogP contribution < -0.4 is 0 Å². The van der Waals surface area contributed by atoms with Crippen molar-refractivity contribution in [1.82, 2.24) is 0 Å². The zero-order valence-corrected chi connectivity index (χ0v) is 13.2. The van der Waals surface area contributed by atoms with E-state index in [4.69, 9.17) is 10.4 Å². The van der Waals surface area contributed by atoms with E-state index in [1.165, 1.54) is 13.0 Å². The van der Waals surface area contributed by atoms with Gasteiger partial charge in [-0.15, -0.1) is 13.2 Å². The van der Waals surface area contributed by atoms with E-state index in [-0.39, 0.29) is 5.57 Å². The number of aliphatic carboxylic acids is 1. The second-order valence-corrected chi connectivity index (χ2v) is 3.04. The fourth-order valence-corrected chi connectivity index (χ4v) is 0.385. The number of benzene rings is 1. The van der Waals surface area contributed by atoms with Crippen molar-refractivity contribution < 1.29 is 9.90 Å². The fourth-order valence-electron chi connectivity index (χ4n) is 0.385. The molecule has 0 radical (unpaired) electrons. The predicted molar refractivity (Wildman–Crippen MR) is 96.3 cm³/mol. The molecule has 0 fully saturated rings. The van der Waals surface area contributed by atoms with Crippen molar-refractivity contribution in [2.75, 3.05) is 0 Å². The molecule has 1 aromatic carbocycles. The number of nitrogens with zero attached hydrogens (tertiary/aromatic N) is 1. The summed E-state index contributed by atoms with van der Waals surface area (Å²) in [5, 5.41) is 15.4. The first-order valence-corrected chi connectivity index (χ1v) is 6.10. The molecule has 118 valence electrons. The summed E-state index contributed by atoms with van der Waals surface area (Å²) in [5.41, 5.74) is 0.176. The van der Waals surface area contributed by atoms with Crippen molar-refractivity contribution in [2.24, 2.45) is 0 Å². The van der Waals surface area contributed by atoms with Gasteiger partial charge in [0.05, 0.1) is 6.07 Å². The van der Waals surface area contributed by atoms with Crippen LogP contribution >= 0.6 is 0 Å². The van der Waals surface area contributed by atoms with E-state index in [1.54, 1.807) is 18.2 Å². The monoisotopic (exact) mass is 299 g/mol. The molecule has 0 unspecified atom stereocenters. The standard InChI is InChI=1S/C6H6.C4H6O2.C4H6.C3H3N.C2H4/c1-2-4-6-5-3-1;1-3(2)4(5)6;1-3-4-2;1-2-3-4;1-2/h1-6H;1H2,2H3,(H,5,6);3-4H,1-2H2;2H,1H2;1-2H2. The maximum absolute atomic E-state index is 9.60. The van der Waals surface area contributed by atoms with Gasteiger partial charge in [0.15, 0.2) is 0 Å². The lowest BCUT2D eigenvalue weighted by Gasteiger charge is -1.79. The maximum atomic E-state index is 9.60. The van der Waals surface area contributed by atoms with Crippen molar-refractivity contribution in [3.63, 3.8) is 0 Å². The van der Waals surface area contributed by atoms with Gasteiger partial charge in [0.25, 0.3) is 0 Å². The van der Waals surface area contributed by atoms with Gasteiger partial charge in [-0.25, -0.2) is 4.79 Å². The molecule has 1 aromatic rings. The first kappa shape index (κ1) is 27.3. The second-order valence-electron chi connectivity index (χ2n) is 3.04. The zero-order valence-electron chi connectivity index (χ0n) is 13.2. The molecular weight excluding hydrogens is 274 g/mol. The number of nitriles is 1. The van der Waals surface area contributed by atoms with Gasteiger partial charge in [-0.05, 0) is 6.92 Å². The second kappa shape index (κ2) is 30.7. The smallest absolute Gasteiger partial charge is 0.330 e. The number of allylic oxidation sites excluding steroid dienone is 3. The number of carbonyl (C=O) groups is 1. The minimum Gasteiger partial charge on any atom is -0.478 e. The highest BCUT2D eigenvalue weighted by Crippen LogP contribution is 1.81. The van der Waals surface area contributed by atoms with Crippen LogP contribution in [0.25, 0.3) is 0 Å². The normalized spacial score (nSPS) is 6.00. The molecule has 22 heavy (non-hydrogen) atoms. The molecule has 0 aliphatic rings. The molecule has 0 aliphatic carbocycles. The summed E-state index contributed by atoms with van der Waals surface area (Å²) in [7, 11) is 0. The van der Waals surface area contributed by atoms with Crippen LogP contribution in [0.2, 0.25) is 0 Å². The van der Waals surface area contributed by atoms with Gasteiger partial charge in [0, 0.05) is 11.6 Å². The van der Waals surface area contributed by atoms with E-state index in [1.807, 2.05) is 36.4 Å². The number of hydrogen-bond acceptors (Lipinski definition) is 2. The minimum absolute atomic E-state index is 0.176. The third-order valence-electron chi connectivity index (χ3n) is 1.29. The van der Waals surface area contributed by atoms with Crippen LogP contribution in [0.15, 0.2) is 99.7 Å². The van der Waals surface area contributed by atoms with E-state index >= 15 is 0 Å². The Kier molecular flexibility index (Phi) is 38.1. The Morgan fingerprint density at radius 2 is 1.18 bits per heavy atom. The zero-order chi connectivity index (χ0) is 18.2. The van der Waals surface area contributed by atoms with Crippen LogP contribution in [0.5, 0.6) is 0 Å². The lowest BCUT2D eigenvalue weighted by molar-refractivity contribution is -0.132. The highest BCUT2D eigenvalue weighted by atomic mass is 16.4. The molecule has 0 aromatic heterocycles. The van der Waals surface area contributed by atoms with Gasteiger partial charge in [0.2, 0.25) is 0 Å². The molecule has 3 nitrogen and oxygen atoms in total. The highest BCUT2D eigenvalue weighted by Gasteiger charge is 1.90. The van der Waals surface area contributed by atoms with Gasteiger partial charge >= 0.3 is 5.97 Å². The Labute approximate surface area is 134 Å². The minimum atomic E-state index is -0.935.